The van der Waals surface area contributed by atoms with Crippen LogP contribution in [0.1, 0.15) is 18.0 Å². The normalized spacial score (nSPS) is 14.8. The fourth-order valence-corrected chi connectivity index (χ4v) is 1.80. The number of hydrogen-bond acceptors (Lipinski definition) is 3. The van der Waals surface area contributed by atoms with Crippen LogP contribution in [0.25, 0.3) is 0 Å². The summed E-state index contributed by atoms with van der Waals surface area (Å²) in [4.78, 5) is 0. The Morgan fingerprint density at radius 2 is 2.00 bits per heavy atom. The van der Waals surface area contributed by atoms with Gasteiger partial charge in [-0.1, -0.05) is 29.3 Å². The zero-order chi connectivity index (χ0) is 12.1. The van der Waals surface area contributed by atoms with Crippen LogP contribution in [0, 0.1) is 0 Å². The van der Waals surface area contributed by atoms with Gasteiger partial charge in [0.25, 0.3) is 0 Å². The van der Waals surface area contributed by atoms with E-state index in [4.69, 9.17) is 28.3 Å². The molecule has 1 aromatic carbocycles. The summed E-state index contributed by atoms with van der Waals surface area (Å²) in [6, 6.07) is 5.26. The first-order chi connectivity index (χ1) is 7.58. The molecular formula is C11H15Cl2NO2. The second kappa shape index (κ2) is 6.42. The molecule has 0 aromatic heterocycles. The minimum atomic E-state index is -0.744. The molecule has 5 heteroatoms. The van der Waals surface area contributed by atoms with Crippen molar-refractivity contribution in [2.45, 2.75) is 18.6 Å². The van der Waals surface area contributed by atoms with E-state index in [0.29, 0.717) is 16.5 Å². The lowest BCUT2D eigenvalue weighted by atomic mass is 10.0. The second-order valence-corrected chi connectivity index (χ2v) is 4.40. The van der Waals surface area contributed by atoms with E-state index in [2.05, 4.69) is 5.32 Å². The van der Waals surface area contributed by atoms with Gasteiger partial charge in [-0.05, 0) is 31.2 Å². The first-order valence-electron chi connectivity index (χ1n) is 4.99. The van der Waals surface area contributed by atoms with Crippen LogP contribution >= 0.6 is 23.2 Å². The molecule has 0 radical (unpaired) electrons. The summed E-state index contributed by atoms with van der Waals surface area (Å²) in [7, 11) is 1.79. The zero-order valence-electron chi connectivity index (χ0n) is 8.95. The highest BCUT2D eigenvalue weighted by Crippen LogP contribution is 2.27. The molecule has 16 heavy (non-hydrogen) atoms. The average molecular weight is 264 g/mol. The summed E-state index contributed by atoms with van der Waals surface area (Å²) in [6.45, 7) is -0.250. The molecule has 0 heterocycles. The van der Waals surface area contributed by atoms with Crippen molar-refractivity contribution in [3.8, 4) is 0 Å². The van der Waals surface area contributed by atoms with Crippen molar-refractivity contribution in [3.63, 3.8) is 0 Å². The fourth-order valence-electron chi connectivity index (χ4n) is 1.50. The Morgan fingerprint density at radius 1 is 1.31 bits per heavy atom. The van der Waals surface area contributed by atoms with E-state index in [1.165, 1.54) is 0 Å². The minimum absolute atomic E-state index is 0.0584. The molecule has 3 N–H and O–H groups in total. The monoisotopic (exact) mass is 263 g/mol. The summed E-state index contributed by atoms with van der Waals surface area (Å²) in [5.74, 6) is 0. The average Bonchev–Trinajstić information content (AvgIpc) is 2.29. The number of nitrogens with one attached hydrogen (secondary N) is 1. The number of hydrogen-bond donors (Lipinski definition) is 3. The smallest absolute Gasteiger partial charge is 0.0789 e. The van der Waals surface area contributed by atoms with E-state index in [-0.39, 0.29) is 12.6 Å². The molecule has 2 atom stereocenters. The quantitative estimate of drug-likeness (QED) is 0.762. The second-order valence-electron chi connectivity index (χ2n) is 3.59. The van der Waals surface area contributed by atoms with E-state index in [9.17, 15) is 5.11 Å². The molecule has 1 aromatic rings. The van der Waals surface area contributed by atoms with Crippen LogP contribution in [0.4, 0.5) is 0 Å². The molecular weight excluding hydrogens is 249 g/mol. The van der Waals surface area contributed by atoms with Gasteiger partial charge >= 0.3 is 0 Å². The maximum Gasteiger partial charge on any atom is 0.0789 e. The summed E-state index contributed by atoms with van der Waals surface area (Å²) >= 11 is 11.7. The van der Waals surface area contributed by atoms with E-state index >= 15 is 0 Å². The molecule has 0 aliphatic carbocycles. The maximum absolute atomic E-state index is 9.40. The molecule has 3 nitrogen and oxygen atoms in total. The summed E-state index contributed by atoms with van der Waals surface area (Å²) in [5.41, 5.74) is 0.935. The van der Waals surface area contributed by atoms with Crippen LogP contribution in [-0.4, -0.2) is 30.0 Å². The van der Waals surface area contributed by atoms with Gasteiger partial charge in [-0.15, -0.1) is 0 Å². The van der Waals surface area contributed by atoms with Gasteiger partial charge in [0.15, 0.2) is 0 Å². The van der Waals surface area contributed by atoms with Gasteiger partial charge in [-0.2, -0.15) is 0 Å². The number of aliphatic hydroxyl groups is 2. The standard InChI is InChI=1S/C11H15Cl2NO2/c1-14-11(5-8(16)6-15)7-2-3-9(12)10(13)4-7/h2-4,8,11,14-16H,5-6H2,1H3. The molecule has 0 aliphatic heterocycles. The fraction of sp³-hybridized carbons (Fsp3) is 0.455. The lowest BCUT2D eigenvalue weighted by Gasteiger charge is -2.19. The number of halogens is 2. The van der Waals surface area contributed by atoms with Crippen LogP contribution in [0.3, 0.4) is 0 Å². The van der Waals surface area contributed by atoms with Gasteiger partial charge in [0.2, 0.25) is 0 Å². The van der Waals surface area contributed by atoms with E-state index < -0.39 is 6.10 Å². The number of benzene rings is 1. The molecule has 90 valence electrons. The Kier molecular flexibility index (Phi) is 5.52. The van der Waals surface area contributed by atoms with Gasteiger partial charge in [0, 0.05) is 6.04 Å². The van der Waals surface area contributed by atoms with Crippen molar-refractivity contribution >= 4 is 23.2 Å². The summed E-state index contributed by atoms with van der Waals surface area (Å²) in [5, 5.41) is 22.2. The van der Waals surface area contributed by atoms with E-state index in [1.807, 2.05) is 6.07 Å². The molecule has 0 saturated heterocycles. The van der Waals surface area contributed by atoms with Crippen molar-refractivity contribution in [1.82, 2.24) is 5.32 Å². The van der Waals surface area contributed by atoms with E-state index in [1.54, 1.807) is 19.2 Å². The summed E-state index contributed by atoms with van der Waals surface area (Å²) in [6.07, 6.45) is -0.322. The molecule has 1 rings (SSSR count). The third kappa shape index (κ3) is 3.61. The van der Waals surface area contributed by atoms with Crippen molar-refractivity contribution < 1.29 is 10.2 Å². The first kappa shape index (κ1) is 13.7. The van der Waals surface area contributed by atoms with Gasteiger partial charge in [0.05, 0.1) is 22.8 Å². The molecule has 0 spiro atoms. The van der Waals surface area contributed by atoms with Crippen molar-refractivity contribution in [3.05, 3.63) is 33.8 Å². The molecule has 0 amide bonds. The molecule has 0 bridgehead atoms. The highest BCUT2D eigenvalue weighted by Gasteiger charge is 2.15. The van der Waals surface area contributed by atoms with Gasteiger partial charge in [-0.25, -0.2) is 0 Å². The zero-order valence-corrected chi connectivity index (χ0v) is 10.5. The van der Waals surface area contributed by atoms with E-state index in [0.717, 1.165) is 5.56 Å². The van der Waals surface area contributed by atoms with Gasteiger partial charge in [0.1, 0.15) is 0 Å². The predicted molar refractivity (Wildman–Crippen MR) is 66.0 cm³/mol. The first-order valence-corrected chi connectivity index (χ1v) is 5.75. The topological polar surface area (TPSA) is 52.5 Å². The Bertz CT molecular complexity index is 347. The lowest BCUT2D eigenvalue weighted by molar-refractivity contribution is 0.0798. The third-order valence-corrected chi connectivity index (χ3v) is 3.15. The maximum atomic E-state index is 9.40. The molecule has 0 fully saturated rings. The lowest BCUT2D eigenvalue weighted by Crippen LogP contribution is -2.24. The third-order valence-electron chi connectivity index (χ3n) is 2.41. The molecule has 0 aliphatic rings. The Balaban J connectivity index is 2.82. The summed E-state index contributed by atoms with van der Waals surface area (Å²) < 4.78 is 0. The van der Waals surface area contributed by atoms with Crippen LogP contribution in [-0.2, 0) is 0 Å². The van der Waals surface area contributed by atoms with Gasteiger partial charge in [-0.3, -0.25) is 0 Å². The Labute approximate surface area is 105 Å². The Hall–Kier alpha value is -0.320. The highest BCUT2D eigenvalue weighted by molar-refractivity contribution is 6.42. The largest absolute Gasteiger partial charge is 0.394 e. The van der Waals surface area contributed by atoms with Crippen LogP contribution in [0.2, 0.25) is 10.0 Å². The highest BCUT2D eigenvalue weighted by atomic mass is 35.5. The van der Waals surface area contributed by atoms with Crippen molar-refractivity contribution in [2.24, 2.45) is 0 Å². The Morgan fingerprint density at radius 3 is 2.50 bits per heavy atom. The van der Waals surface area contributed by atoms with Crippen LogP contribution in [0.5, 0.6) is 0 Å². The van der Waals surface area contributed by atoms with Gasteiger partial charge < -0.3 is 15.5 Å². The van der Waals surface area contributed by atoms with Crippen LogP contribution < -0.4 is 5.32 Å². The number of rotatable bonds is 5. The van der Waals surface area contributed by atoms with Crippen molar-refractivity contribution in [2.75, 3.05) is 13.7 Å². The number of aliphatic hydroxyl groups excluding tert-OH is 2. The van der Waals surface area contributed by atoms with Crippen LogP contribution in [0.15, 0.2) is 18.2 Å². The SMILES string of the molecule is CNC(CC(O)CO)c1ccc(Cl)c(Cl)c1. The molecule has 0 saturated carbocycles. The minimum Gasteiger partial charge on any atom is -0.394 e. The molecule has 2 unspecified atom stereocenters. The van der Waals surface area contributed by atoms with Crippen molar-refractivity contribution in [1.29, 1.82) is 0 Å². The predicted octanol–water partition coefficient (Wildman–Crippen LogP) is 2.00.